The molecule has 1 unspecified atom stereocenters. The lowest BCUT2D eigenvalue weighted by atomic mass is 10.00. The van der Waals surface area contributed by atoms with Crippen molar-refractivity contribution in [3.8, 4) is 0 Å². The molecule has 0 fully saturated rings. The van der Waals surface area contributed by atoms with Crippen LogP contribution < -0.4 is 11.3 Å². The number of unbranched alkanes of at least 4 members (excludes halogenated alkanes) is 3. The number of hydrazine groups is 1. The molecule has 0 saturated carbocycles. The average Bonchev–Trinajstić information content (AvgIpc) is 2.28. The summed E-state index contributed by atoms with van der Waals surface area (Å²) in [5.41, 5.74) is 6.31. The predicted molar refractivity (Wildman–Crippen MR) is 72.5 cm³/mol. The van der Waals surface area contributed by atoms with Crippen LogP contribution in [-0.2, 0) is 0 Å². The molecule has 3 heteroatoms. The first-order valence-corrected chi connectivity index (χ1v) is 6.58. The van der Waals surface area contributed by atoms with Gasteiger partial charge in [-0.05, 0) is 38.0 Å². The average molecular weight is 235 g/mol. The minimum absolute atomic E-state index is 0.257. The van der Waals surface area contributed by atoms with Gasteiger partial charge in [-0.3, -0.25) is 16.3 Å². The highest BCUT2D eigenvalue weighted by Gasteiger charge is 2.10. The van der Waals surface area contributed by atoms with Gasteiger partial charge in [-0.2, -0.15) is 0 Å². The predicted octanol–water partition coefficient (Wildman–Crippen LogP) is 3.17. The first kappa shape index (κ1) is 14.1. The molecule has 96 valence electrons. The molecule has 3 nitrogen and oxygen atoms in total. The van der Waals surface area contributed by atoms with Crippen molar-refractivity contribution in [3.05, 3.63) is 29.1 Å². The van der Waals surface area contributed by atoms with Crippen LogP contribution in [0.25, 0.3) is 0 Å². The van der Waals surface area contributed by atoms with E-state index in [0.717, 1.165) is 17.8 Å². The van der Waals surface area contributed by atoms with Gasteiger partial charge in [0.15, 0.2) is 0 Å². The largest absolute Gasteiger partial charge is 0.271 e. The van der Waals surface area contributed by atoms with Crippen molar-refractivity contribution in [1.29, 1.82) is 0 Å². The summed E-state index contributed by atoms with van der Waals surface area (Å²) in [6, 6.07) is 4.50. The van der Waals surface area contributed by atoms with Crippen LogP contribution >= 0.6 is 0 Å². The molecule has 0 bridgehead atoms. The summed E-state index contributed by atoms with van der Waals surface area (Å²) in [6.07, 6.45) is 6.19. The highest BCUT2D eigenvalue weighted by atomic mass is 15.2. The number of nitrogens with one attached hydrogen (secondary N) is 1. The first-order chi connectivity index (χ1) is 8.17. The number of aromatic nitrogens is 1. The number of pyridine rings is 1. The van der Waals surface area contributed by atoms with Crippen molar-refractivity contribution >= 4 is 0 Å². The number of nitrogens with zero attached hydrogens (tertiary/aromatic N) is 1. The summed E-state index contributed by atoms with van der Waals surface area (Å²) >= 11 is 0. The Kier molecular flexibility index (Phi) is 6.16. The molecule has 3 N–H and O–H groups in total. The number of aryl methyl sites for hydroxylation is 2. The molecular weight excluding hydrogens is 210 g/mol. The molecule has 1 aromatic heterocycles. The summed E-state index contributed by atoms with van der Waals surface area (Å²) in [6.45, 7) is 6.29. The van der Waals surface area contributed by atoms with Crippen LogP contribution in [0.2, 0.25) is 0 Å². The highest BCUT2D eigenvalue weighted by molar-refractivity contribution is 5.23. The lowest BCUT2D eigenvalue weighted by Gasteiger charge is -2.17. The van der Waals surface area contributed by atoms with Gasteiger partial charge >= 0.3 is 0 Å². The zero-order valence-corrected chi connectivity index (χ0v) is 11.3. The van der Waals surface area contributed by atoms with E-state index >= 15 is 0 Å². The van der Waals surface area contributed by atoms with E-state index in [-0.39, 0.29) is 6.04 Å². The molecule has 0 aliphatic heterocycles. The van der Waals surface area contributed by atoms with Gasteiger partial charge in [0.05, 0.1) is 0 Å². The Morgan fingerprint density at radius 2 is 1.82 bits per heavy atom. The van der Waals surface area contributed by atoms with Crippen LogP contribution in [-0.4, -0.2) is 4.98 Å². The van der Waals surface area contributed by atoms with Crippen molar-refractivity contribution in [2.45, 2.75) is 58.9 Å². The Labute approximate surface area is 105 Å². The van der Waals surface area contributed by atoms with Gasteiger partial charge in [0.2, 0.25) is 0 Å². The summed E-state index contributed by atoms with van der Waals surface area (Å²) in [5.74, 6) is 5.65. The quantitative estimate of drug-likeness (QED) is 0.433. The third-order valence-corrected chi connectivity index (χ3v) is 3.05. The van der Waals surface area contributed by atoms with E-state index in [4.69, 9.17) is 5.84 Å². The summed E-state index contributed by atoms with van der Waals surface area (Å²) in [4.78, 5) is 4.39. The Balaban J connectivity index is 2.59. The summed E-state index contributed by atoms with van der Waals surface area (Å²) in [7, 11) is 0. The molecule has 0 radical (unpaired) electrons. The maximum absolute atomic E-state index is 5.65. The molecular formula is C14H25N3. The lowest BCUT2D eigenvalue weighted by Crippen LogP contribution is -2.28. The van der Waals surface area contributed by atoms with Crippen molar-refractivity contribution in [2.75, 3.05) is 0 Å². The molecule has 1 rings (SSSR count). The molecule has 0 aliphatic carbocycles. The number of nitrogens with two attached hydrogens (primary N) is 1. The topological polar surface area (TPSA) is 50.9 Å². The van der Waals surface area contributed by atoms with E-state index in [1.807, 2.05) is 13.8 Å². The molecule has 0 saturated heterocycles. The van der Waals surface area contributed by atoms with Gasteiger partial charge in [0.25, 0.3) is 0 Å². The number of hydrogen-bond donors (Lipinski definition) is 2. The fourth-order valence-corrected chi connectivity index (χ4v) is 2.19. The van der Waals surface area contributed by atoms with E-state index in [1.54, 1.807) is 0 Å². The molecule has 17 heavy (non-hydrogen) atoms. The third kappa shape index (κ3) is 4.84. The van der Waals surface area contributed by atoms with Crippen LogP contribution in [0, 0.1) is 13.8 Å². The van der Waals surface area contributed by atoms with E-state index < -0.39 is 0 Å². The third-order valence-electron chi connectivity index (χ3n) is 3.05. The minimum Gasteiger partial charge on any atom is -0.271 e. The summed E-state index contributed by atoms with van der Waals surface area (Å²) in [5, 5.41) is 0. The van der Waals surface area contributed by atoms with Crippen molar-refractivity contribution in [1.82, 2.24) is 10.4 Å². The van der Waals surface area contributed by atoms with Crippen LogP contribution in [0.5, 0.6) is 0 Å². The number of rotatable bonds is 7. The second kappa shape index (κ2) is 7.41. The van der Waals surface area contributed by atoms with Gasteiger partial charge in [-0.1, -0.05) is 32.6 Å². The lowest BCUT2D eigenvalue weighted by molar-refractivity contribution is 0.481. The van der Waals surface area contributed by atoms with E-state index in [2.05, 4.69) is 29.5 Å². The van der Waals surface area contributed by atoms with Crippen molar-refractivity contribution in [3.63, 3.8) is 0 Å². The Bertz CT molecular complexity index is 316. The smallest absolute Gasteiger partial charge is 0.0461 e. The standard InChI is InChI=1S/C14H25N3/c1-4-5-6-7-8-14(17-15)13-9-11(2)16-12(3)10-13/h9-10,14,17H,4-8,15H2,1-3H3. The van der Waals surface area contributed by atoms with Gasteiger partial charge in [0.1, 0.15) is 0 Å². The van der Waals surface area contributed by atoms with Crippen LogP contribution in [0.15, 0.2) is 12.1 Å². The van der Waals surface area contributed by atoms with Gasteiger partial charge < -0.3 is 0 Å². The molecule has 0 aromatic carbocycles. The second-order valence-electron chi connectivity index (χ2n) is 4.75. The van der Waals surface area contributed by atoms with Crippen LogP contribution in [0.3, 0.4) is 0 Å². The molecule has 0 aliphatic rings. The zero-order valence-electron chi connectivity index (χ0n) is 11.3. The number of hydrogen-bond acceptors (Lipinski definition) is 3. The van der Waals surface area contributed by atoms with E-state index in [0.29, 0.717) is 0 Å². The maximum Gasteiger partial charge on any atom is 0.0461 e. The second-order valence-corrected chi connectivity index (χ2v) is 4.75. The molecule has 1 atom stereocenters. The van der Waals surface area contributed by atoms with Crippen LogP contribution in [0.4, 0.5) is 0 Å². The monoisotopic (exact) mass is 235 g/mol. The fraction of sp³-hybridized carbons (Fsp3) is 0.643. The van der Waals surface area contributed by atoms with Crippen molar-refractivity contribution < 1.29 is 0 Å². The minimum atomic E-state index is 0.257. The molecule has 1 aromatic rings. The Morgan fingerprint density at radius 1 is 1.18 bits per heavy atom. The first-order valence-electron chi connectivity index (χ1n) is 6.58. The molecule has 0 amide bonds. The Hall–Kier alpha value is -0.930. The van der Waals surface area contributed by atoms with Crippen molar-refractivity contribution in [2.24, 2.45) is 5.84 Å². The fourth-order valence-electron chi connectivity index (χ4n) is 2.19. The molecule has 1 heterocycles. The van der Waals surface area contributed by atoms with Gasteiger partial charge in [0, 0.05) is 17.4 Å². The maximum atomic E-state index is 5.65. The molecule has 0 spiro atoms. The van der Waals surface area contributed by atoms with Crippen LogP contribution in [0.1, 0.15) is 62.0 Å². The highest BCUT2D eigenvalue weighted by Crippen LogP contribution is 2.20. The summed E-state index contributed by atoms with van der Waals surface area (Å²) < 4.78 is 0. The van der Waals surface area contributed by atoms with Gasteiger partial charge in [-0.25, -0.2) is 0 Å². The SMILES string of the molecule is CCCCCCC(NN)c1cc(C)nc(C)c1. The van der Waals surface area contributed by atoms with E-state index in [1.165, 1.54) is 31.2 Å². The normalized spacial score (nSPS) is 12.7. The van der Waals surface area contributed by atoms with Gasteiger partial charge in [-0.15, -0.1) is 0 Å². The Morgan fingerprint density at radius 3 is 2.35 bits per heavy atom. The van der Waals surface area contributed by atoms with E-state index in [9.17, 15) is 0 Å². The zero-order chi connectivity index (χ0) is 12.7.